The molecule has 1 saturated heterocycles. The Balaban J connectivity index is 1.61. The van der Waals surface area contributed by atoms with Gasteiger partial charge in [-0.2, -0.15) is 5.10 Å². The van der Waals surface area contributed by atoms with E-state index >= 15 is 0 Å². The van der Waals surface area contributed by atoms with E-state index in [1.807, 2.05) is 37.5 Å². The number of ether oxygens (including phenoxy) is 3. The number of benzene rings is 2. The first-order valence-electron chi connectivity index (χ1n) is 12.0. The largest absolute Gasteiger partial charge is 0.497 e. The molecule has 4 aromatic rings. The van der Waals surface area contributed by atoms with Gasteiger partial charge in [0, 0.05) is 62.0 Å². The number of fused-ring (bicyclic) bond motifs is 1. The Morgan fingerprint density at radius 3 is 2.44 bits per heavy atom. The van der Waals surface area contributed by atoms with Crippen LogP contribution >= 0.6 is 0 Å². The summed E-state index contributed by atoms with van der Waals surface area (Å²) in [6.07, 6.45) is 7.55. The molecule has 36 heavy (non-hydrogen) atoms. The fraction of sp³-hybridized carbons (Fsp3) is 0.370. The Labute approximate surface area is 211 Å². The van der Waals surface area contributed by atoms with E-state index < -0.39 is 0 Å². The van der Waals surface area contributed by atoms with Crippen LogP contribution in [0.1, 0.15) is 12.8 Å². The summed E-state index contributed by atoms with van der Waals surface area (Å²) >= 11 is 0. The number of nitrogens with zero attached hydrogens (tertiary/aromatic N) is 5. The summed E-state index contributed by atoms with van der Waals surface area (Å²) < 4.78 is 19.1. The van der Waals surface area contributed by atoms with Gasteiger partial charge in [0.25, 0.3) is 0 Å². The first kappa shape index (κ1) is 24.0. The zero-order valence-electron chi connectivity index (χ0n) is 21.2. The van der Waals surface area contributed by atoms with Gasteiger partial charge in [-0.3, -0.25) is 9.67 Å². The Morgan fingerprint density at radius 2 is 1.81 bits per heavy atom. The number of aryl methyl sites for hydroxylation is 1. The minimum Gasteiger partial charge on any atom is -0.497 e. The number of anilines is 2. The van der Waals surface area contributed by atoms with Crippen molar-refractivity contribution in [1.82, 2.24) is 25.1 Å². The van der Waals surface area contributed by atoms with Gasteiger partial charge < -0.3 is 24.4 Å². The lowest BCUT2D eigenvalue weighted by Crippen LogP contribution is -2.53. The number of nitrogens with one attached hydrogen (secondary N) is 1. The third-order valence-electron chi connectivity index (χ3n) is 6.80. The molecular formula is C27H32N6O3. The summed E-state index contributed by atoms with van der Waals surface area (Å²) in [5, 5.41) is 7.78. The normalized spacial score (nSPS) is 17.8. The van der Waals surface area contributed by atoms with Crippen molar-refractivity contribution in [3.8, 4) is 22.8 Å². The van der Waals surface area contributed by atoms with Gasteiger partial charge in [0.05, 0.1) is 55.5 Å². The molecule has 5 rings (SSSR count). The van der Waals surface area contributed by atoms with Gasteiger partial charge in [-0.05, 0) is 37.6 Å². The lowest BCUT2D eigenvalue weighted by molar-refractivity contribution is -0.0203. The molecule has 0 saturated carbocycles. The van der Waals surface area contributed by atoms with Gasteiger partial charge in [-0.25, -0.2) is 4.98 Å². The molecule has 2 aromatic carbocycles. The number of aromatic nitrogens is 4. The van der Waals surface area contributed by atoms with Crippen LogP contribution in [0.25, 0.3) is 22.3 Å². The number of piperidine rings is 1. The highest BCUT2D eigenvalue weighted by molar-refractivity contribution is 5.82. The Kier molecular flexibility index (Phi) is 6.75. The van der Waals surface area contributed by atoms with Crippen LogP contribution in [0, 0.1) is 0 Å². The van der Waals surface area contributed by atoms with Crippen molar-refractivity contribution in [2.75, 3.05) is 45.9 Å². The summed E-state index contributed by atoms with van der Waals surface area (Å²) in [7, 11) is 7.01. The summed E-state index contributed by atoms with van der Waals surface area (Å²) in [4.78, 5) is 11.8. The lowest BCUT2D eigenvalue weighted by atomic mass is 9.92. The minimum atomic E-state index is -0.341. The Hall–Kier alpha value is -3.69. The molecule has 9 heteroatoms. The molecule has 0 spiro atoms. The molecule has 9 nitrogen and oxygen atoms in total. The van der Waals surface area contributed by atoms with Crippen molar-refractivity contribution in [2.24, 2.45) is 7.05 Å². The van der Waals surface area contributed by atoms with Crippen molar-refractivity contribution in [1.29, 1.82) is 0 Å². The van der Waals surface area contributed by atoms with E-state index in [-0.39, 0.29) is 5.60 Å². The fourth-order valence-corrected chi connectivity index (χ4v) is 4.74. The van der Waals surface area contributed by atoms with Crippen molar-refractivity contribution in [3.05, 3.63) is 55.0 Å². The average molecular weight is 489 g/mol. The molecule has 1 aliphatic rings. The van der Waals surface area contributed by atoms with Crippen LogP contribution in [0.4, 0.5) is 11.4 Å². The SMILES string of the molecule is COc1cc(OC)cc(N(CC2(OC)CCCNC2)c2ccc3ncc(-c4cnn(C)c4)nc3c2)c1. The molecule has 1 N–H and O–H groups in total. The molecule has 1 unspecified atom stereocenters. The maximum atomic E-state index is 6.13. The van der Waals surface area contributed by atoms with E-state index in [2.05, 4.69) is 32.4 Å². The van der Waals surface area contributed by atoms with Crippen molar-refractivity contribution in [3.63, 3.8) is 0 Å². The summed E-state index contributed by atoms with van der Waals surface area (Å²) in [6.45, 7) is 2.43. The molecule has 1 fully saturated rings. The quantitative estimate of drug-likeness (QED) is 0.399. The van der Waals surface area contributed by atoms with E-state index in [1.165, 1.54) is 0 Å². The average Bonchev–Trinajstić information content (AvgIpc) is 3.37. The summed E-state index contributed by atoms with van der Waals surface area (Å²) in [5.41, 5.74) is 4.94. The highest BCUT2D eigenvalue weighted by atomic mass is 16.5. The predicted molar refractivity (Wildman–Crippen MR) is 140 cm³/mol. The number of hydrogen-bond acceptors (Lipinski definition) is 8. The topological polar surface area (TPSA) is 86.6 Å². The van der Waals surface area contributed by atoms with E-state index in [9.17, 15) is 0 Å². The van der Waals surface area contributed by atoms with Crippen LogP contribution in [-0.2, 0) is 11.8 Å². The van der Waals surface area contributed by atoms with E-state index in [4.69, 9.17) is 19.2 Å². The third-order valence-corrected chi connectivity index (χ3v) is 6.80. The smallest absolute Gasteiger partial charge is 0.124 e. The maximum absolute atomic E-state index is 6.13. The van der Waals surface area contributed by atoms with E-state index in [0.717, 1.165) is 71.1 Å². The second-order valence-electron chi connectivity index (χ2n) is 9.16. The van der Waals surface area contributed by atoms with Gasteiger partial charge in [0.1, 0.15) is 11.5 Å². The van der Waals surface area contributed by atoms with Crippen LogP contribution in [0.5, 0.6) is 11.5 Å². The first-order valence-corrected chi connectivity index (χ1v) is 12.0. The fourth-order valence-electron chi connectivity index (χ4n) is 4.74. The molecule has 1 atom stereocenters. The molecule has 188 valence electrons. The second-order valence-corrected chi connectivity index (χ2v) is 9.16. The highest BCUT2D eigenvalue weighted by Gasteiger charge is 2.35. The maximum Gasteiger partial charge on any atom is 0.124 e. The van der Waals surface area contributed by atoms with Crippen LogP contribution in [0.2, 0.25) is 0 Å². The van der Waals surface area contributed by atoms with Gasteiger partial charge in [0.15, 0.2) is 0 Å². The summed E-state index contributed by atoms with van der Waals surface area (Å²) in [6, 6.07) is 12.1. The molecule has 3 heterocycles. The van der Waals surface area contributed by atoms with Crippen molar-refractivity contribution >= 4 is 22.4 Å². The van der Waals surface area contributed by atoms with Crippen molar-refractivity contribution < 1.29 is 14.2 Å². The highest BCUT2D eigenvalue weighted by Crippen LogP contribution is 2.36. The van der Waals surface area contributed by atoms with Gasteiger partial charge in [-0.15, -0.1) is 0 Å². The monoisotopic (exact) mass is 488 g/mol. The minimum absolute atomic E-state index is 0.341. The zero-order valence-corrected chi connectivity index (χ0v) is 21.2. The molecule has 0 aliphatic carbocycles. The van der Waals surface area contributed by atoms with Crippen LogP contribution in [0.3, 0.4) is 0 Å². The molecule has 1 aliphatic heterocycles. The molecule has 0 bridgehead atoms. The van der Waals surface area contributed by atoms with Crippen LogP contribution in [-0.4, -0.2) is 66.3 Å². The van der Waals surface area contributed by atoms with Crippen LogP contribution in [0.15, 0.2) is 55.0 Å². The molecule has 0 radical (unpaired) electrons. The third kappa shape index (κ3) is 4.84. The van der Waals surface area contributed by atoms with Crippen molar-refractivity contribution in [2.45, 2.75) is 18.4 Å². The second kappa shape index (κ2) is 10.1. The summed E-state index contributed by atoms with van der Waals surface area (Å²) in [5.74, 6) is 1.45. The number of methoxy groups -OCH3 is 3. The van der Waals surface area contributed by atoms with Gasteiger partial charge >= 0.3 is 0 Å². The zero-order chi connectivity index (χ0) is 25.1. The van der Waals surface area contributed by atoms with Gasteiger partial charge in [0.2, 0.25) is 0 Å². The van der Waals surface area contributed by atoms with E-state index in [0.29, 0.717) is 6.54 Å². The first-order chi connectivity index (χ1) is 17.5. The van der Waals surface area contributed by atoms with Crippen LogP contribution < -0.4 is 19.7 Å². The standard InChI is InChI=1S/C27H32N6O3/c1-32-16-19(14-30-32)26-15-29-24-7-6-20(12-25(24)31-26)33(18-27(36-4)8-5-9-28-17-27)21-10-22(34-2)13-23(11-21)35-3/h6-7,10-16,28H,5,8-9,17-18H2,1-4H3. The predicted octanol–water partition coefficient (Wildman–Crippen LogP) is 3.95. The number of hydrogen-bond donors (Lipinski definition) is 1. The number of rotatable bonds is 8. The van der Waals surface area contributed by atoms with Gasteiger partial charge in [-0.1, -0.05) is 0 Å². The Morgan fingerprint density at radius 1 is 1.00 bits per heavy atom. The molecule has 0 amide bonds. The van der Waals surface area contributed by atoms with E-state index in [1.54, 1.807) is 38.4 Å². The molecular weight excluding hydrogens is 456 g/mol. The Bertz CT molecular complexity index is 1330. The lowest BCUT2D eigenvalue weighted by Gasteiger charge is -2.41. The molecule has 2 aromatic heterocycles.